The number of hydrogen-bond donors (Lipinski definition) is 0. The highest BCUT2D eigenvalue weighted by Crippen LogP contribution is 2.39. The van der Waals surface area contributed by atoms with E-state index >= 15 is 0 Å². The fraction of sp³-hybridized carbons (Fsp3) is 0.238. The third kappa shape index (κ3) is 4.24. The van der Waals surface area contributed by atoms with Crippen LogP contribution in [0, 0.1) is 0 Å². The fourth-order valence-electron chi connectivity index (χ4n) is 2.90. The van der Waals surface area contributed by atoms with E-state index in [4.69, 9.17) is 4.74 Å². The molecule has 1 aliphatic rings. The van der Waals surface area contributed by atoms with Gasteiger partial charge in [0.05, 0.1) is 5.69 Å². The van der Waals surface area contributed by atoms with Crippen LogP contribution in [-0.2, 0) is 4.79 Å². The number of allylic oxidation sites excluding steroid dienone is 3. The summed E-state index contributed by atoms with van der Waals surface area (Å²) in [7, 11) is 0. The molecule has 4 nitrogen and oxygen atoms in total. The van der Waals surface area contributed by atoms with Crippen LogP contribution in [-0.4, -0.2) is 30.2 Å². The van der Waals surface area contributed by atoms with E-state index in [1.54, 1.807) is 0 Å². The molecule has 0 saturated heterocycles. The first-order valence-corrected chi connectivity index (χ1v) is 8.76. The van der Waals surface area contributed by atoms with Gasteiger partial charge in [0.25, 0.3) is 5.91 Å². The molecule has 2 heterocycles. The van der Waals surface area contributed by atoms with Crippen molar-refractivity contribution in [3.63, 3.8) is 0 Å². The van der Waals surface area contributed by atoms with Gasteiger partial charge in [0.15, 0.2) is 6.61 Å². The molecule has 0 fully saturated rings. The van der Waals surface area contributed by atoms with E-state index in [-0.39, 0.29) is 11.6 Å². The zero-order valence-corrected chi connectivity index (χ0v) is 15.3. The predicted molar refractivity (Wildman–Crippen MR) is 102 cm³/mol. The van der Waals surface area contributed by atoms with E-state index < -0.39 is 25.2 Å². The largest absolute Gasteiger partial charge is 0.466 e. The van der Waals surface area contributed by atoms with Crippen LogP contribution in [0.5, 0.6) is 5.88 Å². The van der Waals surface area contributed by atoms with Crippen LogP contribution in [0.3, 0.4) is 0 Å². The number of amides is 1. The summed E-state index contributed by atoms with van der Waals surface area (Å²) < 4.78 is 44.3. The first-order valence-electron chi connectivity index (χ1n) is 8.76. The molecule has 3 rings (SSSR count). The summed E-state index contributed by atoms with van der Waals surface area (Å²) in [6, 6.07) is 10.6. The maximum absolute atomic E-state index is 13.0. The molecule has 0 radical (unpaired) electrons. The average molecular weight is 388 g/mol. The van der Waals surface area contributed by atoms with Gasteiger partial charge in [-0.1, -0.05) is 56.0 Å². The number of carbonyl (C=O) groups is 1. The van der Waals surface area contributed by atoms with Crippen molar-refractivity contribution in [3.8, 4) is 17.0 Å². The number of alkyl halides is 3. The fourth-order valence-corrected chi connectivity index (χ4v) is 2.90. The van der Waals surface area contributed by atoms with E-state index in [9.17, 15) is 18.0 Å². The Kier molecular flexibility index (Phi) is 5.53. The number of hydrogen-bond acceptors (Lipinski definition) is 3. The number of ether oxygens (including phenoxy) is 1. The zero-order chi connectivity index (χ0) is 20.3. The van der Waals surface area contributed by atoms with Gasteiger partial charge in [0.1, 0.15) is 12.2 Å². The SMILES string of the molecule is C=C(/C=C\CC)c1nc2c(cc1-c1ccccc1)N(CC(F)(F)F)C(=O)CO2. The minimum Gasteiger partial charge on any atom is -0.466 e. The van der Waals surface area contributed by atoms with Crippen molar-refractivity contribution in [2.24, 2.45) is 0 Å². The Morgan fingerprint density at radius 2 is 2.04 bits per heavy atom. The number of halogens is 3. The van der Waals surface area contributed by atoms with Crippen LogP contribution < -0.4 is 9.64 Å². The van der Waals surface area contributed by atoms with E-state index in [1.807, 2.05) is 49.4 Å². The summed E-state index contributed by atoms with van der Waals surface area (Å²) in [5, 5.41) is 0. The van der Waals surface area contributed by atoms with Crippen LogP contribution >= 0.6 is 0 Å². The number of carbonyl (C=O) groups excluding carboxylic acids is 1. The first-order chi connectivity index (χ1) is 13.3. The minimum absolute atomic E-state index is 0.00319. The van der Waals surface area contributed by atoms with Crippen molar-refractivity contribution in [1.82, 2.24) is 4.98 Å². The van der Waals surface area contributed by atoms with Gasteiger partial charge in [-0.2, -0.15) is 13.2 Å². The lowest BCUT2D eigenvalue weighted by Crippen LogP contribution is -2.44. The van der Waals surface area contributed by atoms with E-state index in [1.165, 1.54) is 6.07 Å². The Bertz CT molecular complexity index is 921. The second-order valence-corrected chi connectivity index (χ2v) is 6.29. The predicted octanol–water partition coefficient (Wildman–Crippen LogP) is 5.02. The van der Waals surface area contributed by atoms with E-state index in [0.717, 1.165) is 12.0 Å². The maximum Gasteiger partial charge on any atom is 0.406 e. The Hall–Kier alpha value is -3.09. The van der Waals surface area contributed by atoms with Crippen LogP contribution in [0.2, 0.25) is 0 Å². The molecule has 0 unspecified atom stereocenters. The second kappa shape index (κ2) is 7.88. The highest BCUT2D eigenvalue weighted by molar-refractivity contribution is 5.99. The number of pyridine rings is 1. The molecule has 28 heavy (non-hydrogen) atoms. The summed E-state index contributed by atoms with van der Waals surface area (Å²) in [6.45, 7) is 4.12. The molecule has 1 aromatic carbocycles. The first kappa shape index (κ1) is 19.7. The Labute approximate surface area is 161 Å². The molecule has 0 atom stereocenters. The van der Waals surface area contributed by atoms with Crippen molar-refractivity contribution in [2.75, 3.05) is 18.1 Å². The molecule has 1 aromatic heterocycles. The number of anilines is 1. The molecule has 0 spiro atoms. The highest BCUT2D eigenvalue weighted by Gasteiger charge is 2.38. The summed E-state index contributed by atoms with van der Waals surface area (Å²) in [5.74, 6) is -0.771. The third-order valence-corrected chi connectivity index (χ3v) is 4.17. The Morgan fingerprint density at radius 1 is 1.32 bits per heavy atom. The second-order valence-electron chi connectivity index (χ2n) is 6.29. The standard InChI is InChI=1S/C21H19F3N2O2/c1-3-4-8-14(2)19-16(15-9-6-5-7-10-15)11-17-20(25-19)28-12-18(27)26(17)13-21(22,23)24/h4-11H,2-3,12-13H2,1H3/b8-4-. The van der Waals surface area contributed by atoms with Crippen LogP contribution in [0.4, 0.5) is 18.9 Å². The maximum atomic E-state index is 13.0. The van der Waals surface area contributed by atoms with Crippen molar-refractivity contribution in [3.05, 3.63) is 60.8 Å². The molecule has 0 saturated carbocycles. The van der Waals surface area contributed by atoms with Gasteiger partial charge in [-0.25, -0.2) is 4.98 Å². The molecular weight excluding hydrogens is 369 g/mol. The summed E-state index contributed by atoms with van der Waals surface area (Å²) >= 11 is 0. The lowest BCUT2D eigenvalue weighted by atomic mass is 9.98. The van der Waals surface area contributed by atoms with Gasteiger partial charge in [-0.3, -0.25) is 9.69 Å². The summed E-state index contributed by atoms with van der Waals surface area (Å²) in [6.07, 6.45) is -0.0144. The van der Waals surface area contributed by atoms with Gasteiger partial charge in [-0.05, 0) is 23.6 Å². The van der Waals surface area contributed by atoms with Gasteiger partial charge < -0.3 is 4.74 Å². The Balaban J connectivity index is 2.17. The highest BCUT2D eigenvalue weighted by atomic mass is 19.4. The van der Waals surface area contributed by atoms with Crippen LogP contribution in [0.15, 0.2) is 55.1 Å². The molecule has 1 aliphatic heterocycles. The number of rotatable bonds is 5. The molecule has 146 valence electrons. The molecule has 0 bridgehead atoms. The van der Waals surface area contributed by atoms with Crippen molar-refractivity contribution in [1.29, 1.82) is 0 Å². The summed E-state index contributed by atoms with van der Waals surface area (Å²) in [4.78, 5) is 17.2. The topological polar surface area (TPSA) is 42.4 Å². The van der Waals surface area contributed by atoms with Gasteiger partial charge in [0, 0.05) is 5.56 Å². The molecule has 0 aliphatic carbocycles. The molecule has 2 aromatic rings. The quantitative estimate of drug-likeness (QED) is 0.676. The monoisotopic (exact) mass is 388 g/mol. The van der Waals surface area contributed by atoms with Crippen molar-refractivity contribution >= 4 is 17.2 Å². The van der Waals surface area contributed by atoms with Crippen LogP contribution in [0.1, 0.15) is 19.0 Å². The lowest BCUT2D eigenvalue weighted by Gasteiger charge is -2.30. The van der Waals surface area contributed by atoms with Gasteiger partial charge in [-0.15, -0.1) is 0 Å². The summed E-state index contributed by atoms with van der Waals surface area (Å²) in [5.41, 5.74) is 2.44. The van der Waals surface area contributed by atoms with E-state index in [0.29, 0.717) is 21.7 Å². The molecule has 1 amide bonds. The van der Waals surface area contributed by atoms with E-state index in [2.05, 4.69) is 11.6 Å². The van der Waals surface area contributed by atoms with Crippen molar-refractivity contribution < 1.29 is 22.7 Å². The number of nitrogens with zero attached hydrogens (tertiary/aromatic N) is 2. The van der Waals surface area contributed by atoms with Crippen molar-refractivity contribution in [2.45, 2.75) is 19.5 Å². The lowest BCUT2D eigenvalue weighted by molar-refractivity contribution is -0.134. The van der Waals surface area contributed by atoms with Crippen LogP contribution in [0.25, 0.3) is 16.7 Å². The average Bonchev–Trinajstić information content (AvgIpc) is 2.67. The number of aromatic nitrogens is 1. The third-order valence-electron chi connectivity index (χ3n) is 4.17. The smallest absolute Gasteiger partial charge is 0.406 e. The molecular formula is C21H19F3N2O2. The number of fused-ring (bicyclic) bond motifs is 1. The van der Waals surface area contributed by atoms with Gasteiger partial charge in [0.2, 0.25) is 5.88 Å². The molecule has 7 heteroatoms. The van der Waals surface area contributed by atoms with Gasteiger partial charge >= 0.3 is 6.18 Å². The Morgan fingerprint density at radius 3 is 2.68 bits per heavy atom. The normalized spacial score (nSPS) is 14.1. The minimum atomic E-state index is -4.54. The number of benzene rings is 1. The molecule has 0 N–H and O–H groups in total. The zero-order valence-electron chi connectivity index (χ0n) is 15.3.